The van der Waals surface area contributed by atoms with Crippen LogP contribution in [0.25, 0.3) is 0 Å². The third kappa shape index (κ3) is 4.52. The van der Waals surface area contributed by atoms with Gasteiger partial charge in [0, 0.05) is 19.0 Å². The fourth-order valence-electron chi connectivity index (χ4n) is 1.86. The van der Waals surface area contributed by atoms with Crippen LogP contribution in [0.15, 0.2) is 0 Å². The first kappa shape index (κ1) is 14.3. The highest BCUT2D eigenvalue weighted by Crippen LogP contribution is 2.23. The first-order chi connectivity index (χ1) is 7.73. The molecule has 3 N–H and O–H groups in total. The number of alkyl carbamates (subject to hydrolysis) is 1. The van der Waals surface area contributed by atoms with Crippen LogP contribution < -0.4 is 10.6 Å². The van der Waals surface area contributed by atoms with Crippen LogP contribution in [-0.2, 0) is 4.74 Å². The number of nitrogens with one attached hydrogen (secondary N) is 2. The zero-order chi connectivity index (χ0) is 13.1. The molecule has 2 unspecified atom stereocenters. The van der Waals surface area contributed by atoms with Gasteiger partial charge in [-0.2, -0.15) is 0 Å². The Balaban J connectivity index is 2.33. The number of rotatable bonds is 3. The lowest BCUT2D eigenvalue weighted by Gasteiger charge is -2.29. The van der Waals surface area contributed by atoms with E-state index < -0.39 is 17.3 Å². The number of β-amino-alcohol motifs (C(OH)–C–C–N with tert-alkyl or cyclic N) is 1. The van der Waals surface area contributed by atoms with Crippen molar-refractivity contribution in [3.05, 3.63) is 0 Å². The average molecular weight is 244 g/mol. The van der Waals surface area contributed by atoms with E-state index >= 15 is 0 Å². The summed E-state index contributed by atoms with van der Waals surface area (Å²) in [7, 11) is 0. The predicted molar refractivity (Wildman–Crippen MR) is 65.8 cm³/mol. The Morgan fingerprint density at radius 2 is 2.24 bits per heavy atom. The van der Waals surface area contributed by atoms with Crippen molar-refractivity contribution >= 4 is 6.09 Å². The van der Waals surface area contributed by atoms with Gasteiger partial charge in [-0.15, -0.1) is 0 Å². The molecule has 1 rings (SSSR count). The molecule has 0 radical (unpaired) electrons. The minimum Gasteiger partial charge on any atom is -0.444 e. The second kappa shape index (κ2) is 5.23. The van der Waals surface area contributed by atoms with Crippen LogP contribution in [0.5, 0.6) is 0 Å². The molecule has 1 aliphatic heterocycles. The van der Waals surface area contributed by atoms with Crippen molar-refractivity contribution in [2.75, 3.05) is 19.6 Å². The molecule has 0 aliphatic carbocycles. The van der Waals surface area contributed by atoms with Gasteiger partial charge < -0.3 is 20.5 Å². The van der Waals surface area contributed by atoms with Gasteiger partial charge in [-0.1, -0.05) is 6.92 Å². The molecule has 0 spiro atoms. The average Bonchev–Trinajstić information content (AvgIpc) is 2.60. The lowest BCUT2D eigenvalue weighted by atomic mass is 9.88. The maximum atomic E-state index is 11.5. The fraction of sp³-hybridized carbons (Fsp3) is 0.917. The summed E-state index contributed by atoms with van der Waals surface area (Å²) in [4.78, 5) is 11.5. The second-order valence-corrected chi connectivity index (χ2v) is 5.81. The molecule has 0 aromatic heterocycles. The molecule has 5 nitrogen and oxygen atoms in total. The smallest absolute Gasteiger partial charge is 0.407 e. The van der Waals surface area contributed by atoms with Crippen LogP contribution in [0.1, 0.15) is 34.1 Å². The predicted octanol–water partition coefficient (Wildman–Crippen LogP) is 0.872. The molecule has 2 atom stereocenters. The van der Waals surface area contributed by atoms with Crippen molar-refractivity contribution in [2.45, 2.75) is 45.3 Å². The van der Waals surface area contributed by atoms with Crippen LogP contribution in [0, 0.1) is 5.92 Å². The van der Waals surface area contributed by atoms with Gasteiger partial charge >= 0.3 is 6.09 Å². The number of ether oxygens (including phenoxy) is 1. The molecule has 1 heterocycles. The van der Waals surface area contributed by atoms with Crippen molar-refractivity contribution in [1.29, 1.82) is 0 Å². The number of amides is 1. The van der Waals surface area contributed by atoms with E-state index in [1.807, 2.05) is 27.7 Å². The topological polar surface area (TPSA) is 70.6 Å². The van der Waals surface area contributed by atoms with Crippen molar-refractivity contribution in [3.63, 3.8) is 0 Å². The van der Waals surface area contributed by atoms with Crippen LogP contribution in [-0.4, -0.2) is 42.0 Å². The molecule has 100 valence electrons. The Morgan fingerprint density at radius 1 is 1.59 bits per heavy atom. The Hall–Kier alpha value is -0.810. The van der Waals surface area contributed by atoms with E-state index in [2.05, 4.69) is 10.6 Å². The van der Waals surface area contributed by atoms with Crippen LogP contribution in [0.2, 0.25) is 0 Å². The molecule has 0 aromatic rings. The molecule has 5 heteroatoms. The van der Waals surface area contributed by atoms with Crippen molar-refractivity contribution in [1.82, 2.24) is 10.6 Å². The summed E-state index contributed by atoms with van der Waals surface area (Å²) in [6.07, 6.45) is 0.295. The Bertz CT molecular complexity index is 267. The summed E-state index contributed by atoms with van der Waals surface area (Å²) in [5, 5.41) is 16.1. The zero-order valence-electron chi connectivity index (χ0n) is 11.2. The van der Waals surface area contributed by atoms with Gasteiger partial charge in [0.05, 0.1) is 5.60 Å². The van der Waals surface area contributed by atoms with Crippen molar-refractivity contribution in [3.8, 4) is 0 Å². The molecule has 0 aromatic carbocycles. The van der Waals surface area contributed by atoms with Gasteiger partial charge in [-0.05, 0) is 33.7 Å². The maximum Gasteiger partial charge on any atom is 0.407 e. The summed E-state index contributed by atoms with van der Waals surface area (Å²) >= 11 is 0. The largest absolute Gasteiger partial charge is 0.444 e. The van der Waals surface area contributed by atoms with Gasteiger partial charge in [0.25, 0.3) is 0 Å². The Kier molecular flexibility index (Phi) is 4.38. The van der Waals surface area contributed by atoms with E-state index in [9.17, 15) is 9.90 Å². The molecule has 17 heavy (non-hydrogen) atoms. The molecule has 1 aliphatic rings. The Morgan fingerprint density at radius 3 is 2.71 bits per heavy atom. The van der Waals surface area contributed by atoms with Gasteiger partial charge in [0.15, 0.2) is 0 Å². The van der Waals surface area contributed by atoms with E-state index in [1.54, 1.807) is 0 Å². The normalized spacial score (nSPS) is 26.6. The lowest BCUT2D eigenvalue weighted by molar-refractivity contribution is 0.00534. The SMILES string of the molecule is CC(CNC(=O)OC(C)(C)C)C1(O)CCNC1. The summed E-state index contributed by atoms with van der Waals surface area (Å²) < 4.78 is 5.14. The van der Waals surface area contributed by atoms with E-state index in [0.717, 1.165) is 13.0 Å². The standard InChI is InChI=1S/C12H24N2O3/c1-9(12(16)5-6-13-8-12)7-14-10(15)17-11(2,3)4/h9,13,16H,5-8H2,1-4H3,(H,14,15). The number of hydrogen-bond donors (Lipinski definition) is 3. The Labute approximate surface area is 103 Å². The molecular formula is C12H24N2O3. The lowest BCUT2D eigenvalue weighted by Crippen LogP contribution is -2.45. The zero-order valence-corrected chi connectivity index (χ0v) is 11.2. The summed E-state index contributed by atoms with van der Waals surface area (Å²) in [5.74, 6) is 0.00465. The minimum absolute atomic E-state index is 0.00465. The van der Waals surface area contributed by atoms with Gasteiger partial charge in [-0.25, -0.2) is 4.79 Å². The van der Waals surface area contributed by atoms with E-state index in [4.69, 9.17) is 4.74 Å². The third-order valence-corrected chi connectivity index (χ3v) is 3.03. The molecular weight excluding hydrogens is 220 g/mol. The van der Waals surface area contributed by atoms with Gasteiger partial charge in [0.1, 0.15) is 5.60 Å². The second-order valence-electron chi connectivity index (χ2n) is 5.81. The monoisotopic (exact) mass is 244 g/mol. The number of carbonyl (C=O) groups excluding carboxylic acids is 1. The van der Waals surface area contributed by atoms with Crippen molar-refractivity contribution < 1.29 is 14.6 Å². The summed E-state index contributed by atoms with van der Waals surface area (Å²) in [5.41, 5.74) is -1.20. The summed E-state index contributed by atoms with van der Waals surface area (Å²) in [6.45, 7) is 9.24. The first-order valence-electron chi connectivity index (χ1n) is 6.13. The van der Waals surface area contributed by atoms with Gasteiger partial charge in [0.2, 0.25) is 0 Å². The number of hydrogen-bond acceptors (Lipinski definition) is 4. The van der Waals surface area contributed by atoms with Crippen molar-refractivity contribution in [2.24, 2.45) is 5.92 Å². The van der Waals surface area contributed by atoms with E-state index in [0.29, 0.717) is 13.1 Å². The van der Waals surface area contributed by atoms with E-state index in [-0.39, 0.29) is 5.92 Å². The van der Waals surface area contributed by atoms with Crippen LogP contribution >= 0.6 is 0 Å². The highest BCUT2D eigenvalue weighted by molar-refractivity contribution is 5.67. The van der Waals surface area contributed by atoms with Gasteiger partial charge in [-0.3, -0.25) is 0 Å². The van der Waals surface area contributed by atoms with Crippen LogP contribution in [0.3, 0.4) is 0 Å². The fourth-order valence-corrected chi connectivity index (χ4v) is 1.86. The maximum absolute atomic E-state index is 11.5. The molecule has 0 bridgehead atoms. The number of carbonyl (C=O) groups is 1. The highest BCUT2D eigenvalue weighted by atomic mass is 16.6. The first-order valence-corrected chi connectivity index (χ1v) is 6.13. The highest BCUT2D eigenvalue weighted by Gasteiger charge is 2.36. The molecule has 1 saturated heterocycles. The minimum atomic E-state index is -0.713. The number of aliphatic hydroxyl groups is 1. The molecule has 1 fully saturated rings. The molecule has 0 saturated carbocycles. The van der Waals surface area contributed by atoms with E-state index in [1.165, 1.54) is 0 Å². The quantitative estimate of drug-likeness (QED) is 0.689. The third-order valence-electron chi connectivity index (χ3n) is 3.03. The molecule has 1 amide bonds. The van der Waals surface area contributed by atoms with Crippen LogP contribution in [0.4, 0.5) is 4.79 Å². The summed E-state index contributed by atoms with van der Waals surface area (Å²) in [6, 6.07) is 0.